The van der Waals surface area contributed by atoms with Crippen LogP contribution in [0.4, 0.5) is 121 Å². The second kappa shape index (κ2) is 20.5. The number of halogens is 25. The Morgan fingerprint density at radius 3 is 0.678 bits per heavy atom. The van der Waals surface area contributed by atoms with Gasteiger partial charge in [0.05, 0.1) is 61.7 Å². The number of fused-ring (bicyclic) bond motifs is 10. The SMILES string of the molecule is O=C1Nc2cc1c(-c1c(F)c(F)c(F)c(F)c1F)c1ccc([nH]1)c(-c1c(F)c(F)c(F)c(F)c1F)c1ccc([nH]1)c(-c1c(F)c(F)c(F)c(F)c1F)c1cc(c(-c3c(F)c(F)c(F)c(F)c3F)c3nc(c2-c2c(F)c(F)c(F)c(F)c2F)C=C3)NC1=O. The highest BCUT2D eigenvalue weighted by molar-refractivity contribution is 6.19. The van der Waals surface area contributed by atoms with Crippen molar-refractivity contribution in [3.8, 4) is 55.6 Å². The highest BCUT2D eigenvalue weighted by atomic mass is 19.2. The van der Waals surface area contributed by atoms with Crippen LogP contribution in [0.5, 0.6) is 0 Å². The molecule has 0 radical (unpaired) electrons. The van der Waals surface area contributed by atoms with Crippen molar-refractivity contribution < 1.29 is 119 Å². The van der Waals surface area contributed by atoms with Gasteiger partial charge in [-0.1, -0.05) is 0 Å². The normalized spacial score (nSPS) is 12.6. The Labute approximate surface area is 461 Å². The van der Waals surface area contributed by atoms with Gasteiger partial charge in [0, 0.05) is 49.9 Å². The number of benzene rings is 5. The number of H-pyrrole nitrogens is 2. The van der Waals surface area contributed by atoms with E-state index < -0.39 is 269 Å². The van der Waals surface area contributed by atoms with Crippen molar-refractivity contribution in [3.05, 3.63) is 204 Å². The second-order valence-electron chi connectivity index (χ2n) is 18.2. The van der Waals surface area contributed by atoms with Crippen molar-refractivity contribution in [2.75, 3.05) is 10.6 Å². The molecule has 0 atom stereocenters. The van der Waals surface area contributed by atoms with E-state index in [2.05, 4.69) is 15.0 Å². The standard InChI is InChI=1S/C55H12F25N5O2/c56-29-24(30(57)40(67)49(76)39(29)66)19-9-7-17(84-54(9)86)22(27-35(62)45(72)52(79)46(73)36(27)63)15-5-6-16(83-15)23(28-37(64)47(74)53(80)48(75)38(28)65)18-8-10(55(87)85-18)20(25-31(58)41(68)50(77)42(69)32(25)59)12-2-4-14(82-12)21(13-3-1-11(19)81-13)26-33(60)43(70)51(78)44(71)34(26)61/h1-8,81-82H,(H,84,86)(H,85,87). The number of hydrogen-bond acceptors (Lipinski definition) is 3. The minimum Gasteiger partial charge on any atom is -0.354 e. The quantitative estimate of drug-likeness (QED) is 0.0784. The Morgan fingerprint density at radius 2 is 0.437 bits per heavy atom. The predicted molar refractivity (Wildman–Crippen MR) is 252 cm³/mol. The Bertz CT molecular complexity index is 4470. The van der Waals surface area contributed by atoms with E-state index in [1.54, 1.807) is 10.6 Å². The lowest BCUT2D eigenvalue weighted by molar-refractivity contribution is 0.102. The lowest BCUT2D eigenvalue weighted by atomic mass is 9.97. The highest BCUT2D eigenvalue weighted by Crippen LogP contribution is 2.48. The largest absolute Gasteiger partial charge is 0.354 e. The molecule has 0 aliphatic carbocycles. The zero-order valence-corrected chi connectivity index (χ0v) is 40.8. The van der Waals surface area contributed by atoms with Gasteiger partial charge in [-0.15, -0.1) is 0 Å². The molecule has 0 unspecified atom stereocenters. The fourth-order valence-electron chi connectivity index (χ4n) is 9.69. The lowest BCUT2D eigenvalue weighted by Crippen LogP contribution is -2.11. The summed E-state index contributed by atoms with van der Waals surface area (Å²) < 4.78 is 388. The summed E-state index contributed by atoms with van der Waals surface area (Å²) in [5, 5.41) is 3.46. The van der Waals surface area contributed by atoms with Crippen LogP contribution in [-0.2, 0) is 0 Å². The number of anilines is 2. The summed E-state index contributed by atoms with van der Waals surface area (Å²) in [5.41, 5.74) is -33.5. The predicted octanol–water partition coefficient (Wildman–Crippen LogP) is 16.8. The molecule has 8 aromatic rings. The van der Waals surface area contributed by atoms with Crippen molar-refractivity contribution in [3.63, 3.8) is 0 Å². The summed E-state index contributed by atoms with van der Waals surface area (Å²) in [5.74, 6) is -75.8. The number of aromatic nitrogens is 3. The first-order valence-corrected chi connectivity index (χ1v) is 23.2. The smallest absolute Gasteiger partial charge is 0.256 e. The molecule has 0 saturated carbocycles. The molecular weight excluding hydrogens is 1240 g/mol. The maximum atomic E-state index is 16.2. The van der Waals surface area contributed by atoms with Crippen LogP contribution in [0.2, 0.25) is 0 Å². The molecule has 3 aliphatic heterocycles. The van der Waals surface area contributed by atoms with Crippen molar-refractivity contribution >= 4 is 57.4 Å². The lowest BCUT2D eigenvalue weighted by Gasteiger charge is -2.12. The van der Waals surface area contributed by atoms with Crippen LogP contribution < -0.4 is 10.6 Å². The summed E-state index contributed by atoms with van der Waals surface area (Å²) in [6.45, 7) is 0. The number of hydrogen-bond donors (Lipinski definition) is 4. The summed E-state index contributed by atoms with van der Waals surface area (Å²) in [6.07, 6.45) is 0.638. The molecule has 87 heavy (non-hydrogen) atoms. The first-order valence-electron chi connectivity index (χ1n) is 23.2. The third-order valence-electron chi connectivity index (χ3n) is 13.5. The van der Waals surface area contributed by atoms with Crippen LogP contribution in [0.1, 0.15) is 32.1 Å². The van der Waals surface area contributed by atoms with E-state index in [1.807, 2.05) is 0 Å². The van der Waals surface area contributed by atoms with Gasteiger partial charge in [0.2, 0.25) is 29.1 Å². The molecule has 7 nitrogen and oxygen atoms in total. The molecule has 0 spiro atoms. The molecule has 10 bridgehead atoms. The summed E-state index contributed by atoms with van der Waals surface area (Å²) in [4.78, 5) is 36.5. The van der Waals surface area contributed by atoms with E-state index in [0.717, 1.165) is 0 Å². The third-order valence-corrected chi connectivity index (χ3v) is 13.5. The number of carbonyl (C=O) groups is 2. The fourth-order valence-corrected chi connectivity index (χ4v) is 9.69. The monoisotopic (exact) mass is 1250 g/mol. The number of rotatable bonds is 5. The van der Waals surface area contributed by atoms with Gasteiger partial charge in [-0.3, -0.25) is 9.59 Å². The van der Waals surface area contributed by atoms with Crippen molar-refractivity contribution in [1.82, 2.24) is 15.0 Å². The molecule has 3 aliphatic rings. The van der Waals surface area contributed by atoms with Gasteiger partial charge >= 0.3 is 0 Å². The Balaban J connectivity index is 1.49. The molecule has 6 heterocycles. The number of amides is 2. The van der Waals surface area contributed by atoms with Gasteiger partial charge < -0.3 is 20.6 Å². The maximum Gasteiger partial charge on any atom is 0.256 e. The molecule has 4 N–H and O–H groups in total. The number of nitrogens with one attached hydrogen (secondary N) is 4. The molecule has 32 heteroatoms. The average molecular weight is 1250 g/mol. The molecule has 2 amide bonds. The van der Waals surface area contributed by atoms with E-state index in [9.17, 15) is 31.5 Å². The van der Waals surface area contributed by atoms with Crippen LogP contribution >= 0.6 is 0 Å². The van der Waals surface area contributed by atoms with E-state index >= 15 is 87.8 Å². The summed E-state index contributed by atoms with van der Waals surface area (Å²) in [7, 11) is 0. The minimum absolute atomic E-state index is 0.0919. The van der Waals surface area contributed by atoms with Crippen LogP contribution in [-0.4, -0.2) is 26.8 Å². The maximum absolute atomic E-state index is 16.2. The van der Waals surface area contributed by atoms with Crippen LogP contribution in [0.25, 0.3) is 89.9 Å². The van der Waals surface area contributed by atoms with Gasteiger partial charge in [0.15, 0.2) is 116 Å². The van der Waals surface area contributed by atoms with Gasteiger partial charge in [-0.05, 0) is 48.6 Å². The van der Waals surface area contributed by atoms with E-state index in [4.69, 9.17) is 0 Å². The first kappa shape index (κ1) is 58.5. The highest BCUT2D eigenvalue weighted by Gasteiger charge is 2.39. The van der Waals surface area contributed by atoms with Gasteiger partial charge in [0.25, 0.3) is 11.8 Å². The molecule has 444 valence electrons. The molecule has 11 rings (SSSR count). The fraction of sp³-hybridized carbons (Fsp3) is 0. The molecule has 5 aromatic carbocycles. The number of carbonyl (C=O) groups excluding carboxylic acids is 2. The topological polar surface area (TPSA) is 103 Å². The average Bonchev–Trinajstić information content (AvgIpc) is 1.72. The Morgan fingerprint density at radius 1 is 0.241 bits per heavy atom. The Kier molecular flexibility index (Phi) is 13.7. The summed E-state index contributed by atoms with van der Waals surface area (Å²) in [6, 6.07) is 1.74. The van der Waals surface area contributed by atoms with Gasteiger partial charge in [-0.2, -0.15) is 0 Å². The van der Waals surface area contributed by atoms with Crippen molar-refractivity contribution in [2.24, 2.45) is 0 Å². The third kappa shape index (κ3) is 8.44. The first-order chi connectivity index (χ1) is 40.9. The zero-order chi connectivity index (χ0) is 63.3. The number of aromatic amines is 2. The molecule has 0 saturated heterocycles. The van der Waals surface area contributed by atoms with E-state index in [-0.39, 0.29) is 12.1 Å². The number of nitrogens with zero attached hydrogens (tertiary/aromatic N) is 1. The van der Waals surface area contributed by atoms with Crippen LogP contribution in [0.15, 0.2) is 36.4 Å². The second-order valence-corrected chi connectivity index (χ2v) is 18.2. The molecule has 0 fully saturated rings. The Hall–Kier alpha value is -10.3. The minimum atomic E-state index is -2.93. The van der Waals surface area contributed by atoms with Crippen LogP contribution in [0.3, 0.4) is 0 Å². The van der Waals surface area contributed by atoms with Gasteiger partial charge in [0.1, 0.15) is 0 Å². The van der Waals surface area contributed by atoms with E-state index in [1.165, 1.54) is 0 Å². The summed E-state index contributed by atoms with van der Waals surface area (Å²) >= 11 is 0. The van der Waals surface area contributed by atoms with Crippen LogP contribution in [0, 0.1) is 145 Å². The molecule has 3 aromatic heterocycles. The van der Waals surface area contributed by atoms with Crippen molar-refractivity contribution in [2.45, 2.75) is 0 Å². The van der Waals surface area contributed by atoms with E-state index in [0.29, 0.717) is 36.4 Å². The zero-order valence-electron chi connectivity index (χ0n) is 40.8. The van der Waals surface area contributed by atoms with Crippen molar-refractivity contribution in [1.29, 1.82) is 0 Å². The van der Waals surface area contributed by atoms with Gasteiger partial charge in [-0.25, -0.2) is 115 Å². The molecular formula is C55H12F25N5O2.